The standard InChI is InChI=1S/C52H92NO8P/c1-6-8-10-12-14-16-18-20-22-24-26-28-30-32-34-36-38-40-42-44-51(54)58-48-50(49-60-62(56,57)59-47-46-53(3,4)5)61-52(55)45-43-41-39-37-35-33-31-29-27-25-23-21-19-17-15-13-11-9-7-2/h14-17,20-23,27,29,33,35,50H,6-13,18-19,24-26,28,30-32,34,36-49H2,1-5H3/b16-14+,17-15+,22-20+,23-21+,29-27+,35-33+/t50-/m1/s1. The highest BCUT2D eigenvalue weighted by molar-refractivity contribution is 7.45. The minimum absolute atomic E-state index is 0.0413. The lowest BCUT2D eigenvalue weighted by atomic mass is 10.1. The van der Waals surface area contributed by atoms with Gasteiger partial charge in [0.05, 0.1) is 27.7 Å². The Balaban J connectivity index is 4.37. The topological polar surface area (TPSA) is 111 Å². The Morgan fingerprint density at radius 1 is 0.500 bits per heavy atom. The number of carbonyl (C=O) groups is 2. The molecular weight excluding hydrogens is 798 g/mol. The lowest BCUT2D eigenvalue weighted by Crippen LogP contribution is -2.37. The van der Waals surface area contributed by atoms with Crippen LogP contribution in [-0.2, 0) is 32.7 Å². The molecule has 0 N–H and O–H groups in total. The Labute approximate surface area is 380 Å². The maximum Gasteiger partial charge on any atom is 0.306 e. The quantitative estimate of drug-likeness (QED) is 0.0195. The van der Waals surface area contributed by atoms with Crippen LogP contribution < -0.4 is 4.89 Å². The number of carbonyl (C=O) groups excluding carboxylic acids is 2. The largest absolute Gasteiger partial charge is 0.756 e. The Morgan fingerprint density at radius 3 is 1.31 bits per heavy atom. The van der Waals surface area contributed by atoms with E-state index >= 15 is 0 Å². The van der Waals surface area contributed by atoms with E-state index in [1.807, 2.05) is 21.1 Å². The molecule has 0 aromatic heterocycles. The van der Waals surface area contributed by atoms with Gasteiger partial charge >= 0.3 is 11.9 Å². The van der Waals surface area contributed by atoms with E-state index in [0.29, 0.717) is 17.4 Å². The molecule has 10 heteroatoms. The molecule has 62 heavy (non-hydrogen) atoms. The lowest BCUT2D eigenvalue weighted by molar-refractivity contribution is -0.870. The first-order valence-corrected chi connectivity index (χ1v) is 26.1. The second kappa shape index (κ2) is 43.7. The number of quaternary nitrogens is 1. The molecule has 0 aliphatic carbocycles. The van der Waals surface area contributed by atoms with Gasteiger partial charge in [0, 0.05) is 12.8 Å². The molecule has 0 fully saturated rings. The number of rotatable bonds is 44. The molecule has 0 spiro atoms. The van der Waals surface area contributed by atoms with Gasteiger partial charge in [-0.3, -0.25) is 14.2 Å². The van der Waals surface area contributed by atoms with Crippen molar-refractivity contribution in [2.75, 3.05) is 47.5 Å². The number of nitrogens with zero attached hydrogens (tertiary/aromatic N) is 1. The highest BCUT2D eigenvalue weighted by atomic mass is 31.2. The summed E-state index contributed by atoms with van der Waals surface area (Å²) in [7, 11) is 1.13. The van der Waals surface area contributed by atoms with Crippen LogP contribution in [0.2, 0.25) is 0 Å². The molecule has 0 aromatic rings. The molecule has 0 bridgehead atoms. The van der Waals surface area contributed by atoms with Gasteiger partial charge in [-0.2, -0.15) is 0 Å². The average molecular weight is 890 g/mol. The summed E-state index contributed by atoms with van der Waals surface area (Å²) in [6.45, 7) is 4.13. The van der Waals surface area contributed by atoms with Crippen LogP contribution in [0.1, 0.15) is 194 Å². The van der Waals surface area contributed by atoms with Gasteiger partial charge in [0.15, 0.2) is 6.10 Å². The molecule has 0 aliphatic heterocycles. The molecule has 0 saturated heterocycles. The van der Waals surface area contributed by atoms with Crippen LogP contribution >= 0.6 is 7.82 Å². The highest BCUT2D eigenvalue weighted by Crippen LogP contribution is 2.38. The first-order valence-electron chi connectivity index (χ1n) is 24.6. The van der Waals surface area contributed by atoms with Gasteiger partial charge in [0.25, 0.3) is 7.82 Å². The molecule has 0 saturated carbocycles. The molecule has 0 amide bonds. The van der Waals surface area contributed by atoms with Crippen molar-refractivity contribution >= 4 is 19.8 Å². The Bertz CT molecular complexity index is 1280. The molecule has 0 rings (SSSR count). The summed E-state index contributed by atoms with van der Waals surface area (Å²) in [5.74, 6) is -0.878. The average Bonchev–Trinajstić information content (AvgIpc) is 3.23. The maximum atomic E-state index is 12.7. The zero-order chi connectivity index (χ0) is 45.7. The molecule has 0 radical (unpaired) electrons. The second-order valence-electron chi connectivity index (χ2n) is 17.5. The van der Waals surface area contributed by atoms with Gasteiger partial charge in [0.2, 0.25) is 0 Å². The number of phosphoric acid groups is 1. The summed E-state index contributed by atoms with van der Waals surface area (Å²) in [6.07, 6.45) is 54.9. The summed E-state index contributed by atoms with van der Waals surface area (Å²) < 4.78 is 34.0. The van der Waals surface area contributed by atoms with E-state index in [1.165, 1.54) is 83.5 Å². The molecule has 9 nitrogen and oxygen atoms in total. The van der Waals surface area contributed by atoms with Crippen molar-refractivity contribution in [3.05, 3.63) is 72.9 Å². The zero-order valence-electron chi connectivity index (χ0n) is 40.3. The molecule has 2 atom stereocenters. The third-order valence-corrected chi connectivity index (χ3v) is 11.2. The van der Waals surface area contributed by atoms with Crippen molar-refractivity contribution in [1.82, 2.24) is 0 Å². The number of ether oxygens (including phenoxy) is 2. The van der Waals surface area contributed by atoms with E-state index in [4.69, 9.17) is 18.5 Å². The van der Waals surface area contributed by atoms with Crippen molar-refractivity contribution in [2.24, 2.45) is 0 Å². The van der Waals surface area contributed by atoms with Gasteiger partial charge in [-0.05, 0) is 89.9 Å². The molecular formula is C52H92NO8P. The van der Waals surface area contributed by atoms with Crippen molar-refractivity contribution in [3.63, 3.8) is 0 Å². The van der Waals surface area contributed by atoms with Gasteiger partial charge < -0.3 is 27.9 Å². The Kier molecular flexibility index (Phi) is 41.9. The van der Waals surface area contributed by atoms with Crippen LogP contribution in [0.15, 0.2) is 72.9 Å². The van der Waals surface area contributed by atoms with Gasteiger partial charge in [-0.25, -0.2) is 0 Å². The van der Waals surface area contributed by atoms with Crippen molar-refractivity contribution < 1.29 is 42.1 Å². The minimum Gasteiger partial charge on any atom is -0.756 e. The SMILES string of the molecule is CCCCC/C=C/C/C=C/C/C=C/C/C=C/CCCCCC(=O)O[C@H](COC(=O)CCCCCCCCCCC/C=C/C/C=C/CCCCC)COP(=O)([O-])OCC[N+](C)(C)C. The van der Waals surface area contributed by atoms with Crippen LogP contribution in [0.25, 0.3) is 0 Å². The molecule has 0 aromatic carbocycles. The molecule has 358 valence electrons. The summed E-state index contributed by atoms with van der Waals surface area (Å²) in [4.78, 5) is 37.7. The number of esters is 2. The Morgan fingerprint density at radius 2 is 0.871 bits per heavy atom. The fourth-order valence-corrected chi connectivity index (χ4v) is 7.04. The fraction of sp³-hybridized carbons (Fsp3) is 0.731. The van der Waals surface area contributed by atoms with Crippen molar-refractivity contribution in [2.45, 2.75) is 200 Å². The smallest absolute Gasteiger partial charge is 0.306 e. The van der Waals surface area contributed by atoms with E-state index in [0.717, 1.165) is 77.0 Å². The zero-order valence-corrected chi connectivity index (χ0v) is 41.2. The van der Waals surface area contributed by atoms with Gasteiger partial charge in [-0.15, -0.1) is 0 Å². The first-order chi connectivity index (χ1) is 30.0. The maximum absolute atomic E-state index is 12.7. The normalized spacial score (nSPS) is 14.1. The molecule has 0 aliphatic rings. The first kappa shape index (κ1) is 59.5. The summed E-state index contributed by atoms with van der Waals surface area (Å²) in [5, 5.41) is 0. The summed E-state index contributed by atoms with van der Waals surface area (Å²) in [6, 6.07) is 0. The van der Waals surface area contributed by atoms with Crippen LogP contribution in [0.3, 0.4) is 0 Å². The predicted molar refractivity (Wildman–Crippen MR) is 259 cm³/mol. The number of hydrogen-bond acceptors (Lipinski definition) is 8. The van der Waals surface area contributed by atoms with Gasteiger partial charge in [-0.1, -0.05) is 164 Å². The van der Waals surface area contributed by atoms with Crippen LogP contribution in [0, 0.1) is 0 Å². The monoisotopic (exact) mass is 890 g/mol. The van der Waals surface area contributed by atoms with E-state index in [1.54, 1.807) is 0 Å². The third kappa shape index (κ3) is 46.9. The Hall–Kier alpha value is -2.55. The minimum atomic E-state index is -4.64. The second-order valence-corrected chi connectivity index (χ2v) is 18.9. The number of unbranched alkanes of at least 4 members (excludes halogenated alkanes) is 18. The number of hydrogen-bond donors (Lipinski definition) is 0. The van der Waals surface area contributed by atoms with E-state index < -0.39 is 32.5 Å². The van der Waals surface area contributed by atoms with E-state index in [2.05, 4.69) is 86.8 Å². The van der Waals surface area contributed by atoms with Crippen LogP contribution in [-0.4, -0.2) is 70.0 Å². The lowest BCUT2D eigenvalue weighted by Gasteiger charge is -2.28. The van der Waals surface area contributed by atoms with E-state index in [-0.39, 0.29) is 26.1 Å². The van der Waals surface area contributed by atoms with E-state index in [9.17, 15) is 19.0 Å². The van der Waals surface area contributed by atoms with Crippen LogP contribution in [0.4, 0.5) is 0 Å². The summed E-state index contributed by atoms with van der Waals surface area (Å²) >= 11 is 0. The third-order valence-electron chi connectivity index (χ3n) is 10.2. The number of allylic oxidation sites excluding steroid dienone is 12. The number of phosphoric ester groups is 1. The molecule has 1 unspecified atom stereocenters. The number of likely N-dealkylation sites (N-methyl/N-ethyl adjacent to an activating group) is 1. The summed E-state index contributed by atoms with van der Waals surface area (Å²) in [5.41, 5.74) is 0. The molecule has 0 heterocycles. The predicted octanol–water partition coefficient (Wildman–Crippen LogP) is 13.9. The van der Waals surface area contributed by atoms with Crippen molar-refractivity contribution in [1.29, 1.82) is 0 Å². The van der Waals surface area contributed by atoms with Crippen molar-refractivity contribution in [3.8, 4) is 0 Å². The fourth-order valence-electron chi connectivity index (χ4n) is 6.31. The highest BCUT2D eigenvalue weighted by Gasteiger charge is 2.21. The van der Waals surface area contributed by atoms with Gasteiger partial charge in [0.1, 0.15) is 19.8 Å². The van der Waals surface area contributed by atoms with Crippen LogP contribution in [0.5, 0.6) is 0 Å².